The molecule has 0 aromatic heterocycles. The second kappa shape index (κ2) is 4.78. The summed E-state index contributed by atoms with van der Waals surface area (Å²) in [5.41, 5.74) is 0. The molecule has 1 atom stereocenters. The summed E-state index contributed by atoms with van der Waals surface area (Å²) in [5.74, 6) is 0.339. The van der Waals surface area contributed by atoms with E-state index in [4.69, 9.17) is 4.74 Å². The zero-order valence-electron chi connectivity index (χ0n) is 8.63. The van der Waals surface area contributed by atoms with Crippen LogP contribution in [0.5, 0.6) is 0 Å². The summed E-state index contributed by atoms with van der Waals surface area (Å²) in [6, 6.07) is 0.442. The summed E-state index contributed by atoms with van der Waals surface area (Å²) in [4.78, 5) is 11.7. The fourth-order valence-corrected chi connectivity index (χ4v) is 2.31. The van der Waals surface area contributed by atoms with Gasteiger partial charge < -0.3 is 10.1 Å². The topological polar surface area (TPSA) is 38.3 Å². The first-order valence-electron chi connectivity index (χ1n) is 5.74. The number of amides is 1. The number of carbonyl (C=O) groups excluding carboxylic acids is 1. The fourth-order valence-electron chi connectivity index (χ4n) is 2.31. The van der Waals surface area contributed by atoms with Crippen molar-refractivity contribution in [2.24, 2.45) is 5.92 Å². The van der Waals surface area contributed by atoms with Crippen molar-refractivity contribution in [2.75, 3.05) is 13.2 Å². The minimum absolute atomic E-state index is 0.122. The Morgan fingerprint density at radius 1 is 1.14 bits per heavy atom. The van der Waals surface area contributed by atoms with Gasteiger partial charge in [0.05, 0.1) is 12.5 Å². The molecule has 1 heterocycles. The predicted octanol–water partition coefficient (Wildman–Crippen LogP) is 1.47. The molecule has 0 spiro atoms. The van der Waals surface area contributed by atoms with E-state index < -0.39 is 0 Å². The summed E-state index contributed by atoms with van der Waals surface area (Å²) in [6.07, 6.45) is 7.11. The van der Waals surface area contributed by atoms with Gasteiger partial charge in [0.1, 0.15) is 0 Å². The standard InChI is InChI=1S/C11H19NO2/c13-11(9-6-7-14-8-9)12-10-4-2-1-3-5-10/h9-10H,1-8H2,(H,12,13). The van der Waals surface area contributed by atoms with Crippen LogP contribution in [0.2, 0.25) is 0 Å². The van der Waals surface area contributed by atoms with E-state index in [9.17, 15) is 4.79 Å². The van der Waals surface area contributed by atoms with Crippen LogP contribution in [0.3, 0.4) is 0 Å². The van der Waals surface area contributed by atoms with Gasteiger partial charge in [-0.05, 0) is 19.3 Å². The Labute approximate surface area is 85.2 Å². The average Bonchev–Trinajstić information content (AvgIpc) is 2.72. The third kappa shape index (κ3) is 2.47. The summed E-state index contributed by atoms with van der Waals surface area (Å²) in [6.45, 7) is 1.38. The molecule has 14 heavy (non-hydrogen) atoms. The van der Waals surface area contributed by atoms with Crippen molar-refractivity contribution >= 4 is 5.91 Å². The molecule has 0 radical (unpaired) electrons. The molecule has 1 unspecified atom stereocenters. The highest BCUT2D eigenvalue weighted by Crippen LogP contribution is 2.19. The quantitative estimate of drug-likeness (QED) is 0.728. The first-order valence-corrected chi connectivity index (χ1v) is 5.74. The minimum Gasteiger partial charge on any atom is -0.381 e. The van der Waals surface area contributed by atoms with Gasteiger partial charge in [-0.15, -0.1) is 0 Å². The van der Waals surface area contributed by atoms with E-state index in [1.165, 1.54) is 32.1 Å². The van der Waals surface area contributed by atoms with E-state index in [1.807, 2.05) is 0 Å². The van der Waals surface area contributed by atoms with Crippen LogP contribution in [0.1, 0.15) is 38.5 Å². The zero-order valence-corrected chi connectivity index (χ0v) is 8.63. The fraction of sp³-hybridized carbons (Fsp3) is 0.909. The lowest BCUT2D eigenvalue weighted by Crippen LogP contribution is -2.40. The number of carbonyl (C=O) groups is 1. The molecule has 0 aromatic rings. The van der Waals surface area contributed by atoms with Gasteiger partial charge in [-0.1, -0.05) is 19.3 Å². The molecule has 1 aliphatic carbocycles. The molecule has 0 aromatic carbocycles. The van der Waals surface area contributed by atoms with E-state index in [-0.39, 0.29) is 11.8 Å². The van der Waals surface area contributed by atoms with Crippen molar-refractivity contribution in [3.8, 4) is 0 Å². The second-order valence-electron chi connectivity index (χ2n) is 4.40. The third-order valence-corrected chi connectivity index (χ3v) is 3.25. The van der Waals surface area contributed by atoms with Crippen LogP contribution in [0.4, 0.5) is 0 Å². The lowest BCUT2D eigenvalue weighted by Gasteiger charge is -2.23. The third-order valence-electron chi connectivity index (χ3n) is 3.25. The molecule has 1 N–H and O–H groups in total. The molecule has 2 fully saturated rings. The zero-order chi connectivity index (χ0) is 9.80. The highest BCUT2D eigenvalue weighted by atomic mass is 16.5. The summed E-state index contributed by atoms with van der Waals surface area (Å²) in [7, 11) is 0. The van der Waals surface area contributed by atoms with E-state index in [0.29, 0.717) is 12.6 Å². The van der Waals surface area contributed by atoms with Crippen LogP contribution in [0.15, 0.2) is 0 Å². The van der Waals surface area contributed by atoms with Gasteiger partial charge in [-0.3, -0.25) is 4.79 Å². The van der Waals surface area contributed by atoms with Crippen LogP contribution in [-0.2, 0) is 9.53 Å². The van der Waals surface area contributed by atoms with Crippen LogP contribution in [0.25, 0.3) is 0 Å². The Morgan fingerprint density at radius 2 is 1.93 bits per heavy atom. The summed E-state index contributed by atoms with van der Waals surface area (Å²) >= 11 is 0. The van der Waals surface area contributed by atoms with Gasteiger partial charge in [0.15, 0.2) is 0 Å². The Hall–Kier alpha value is -0.570. The molecule has 1 saturated heterocycles. The first kappa shape index (κ1) is 9.97. The Bertz CT molecular complexity index is 193. The molecule has 0 bridgehead atoms. The Morgan fingerprint density at radius 3 is 2.57 bits per heavy atom. The van der Waals surface area contributed by atoms with Crippen LogP contribution in [-0.4, -0.2) is 25.2 Å². The molecule has 1 aliphatic heterocycles. The van der Waals surface area contributed by atoms with Crippen LogP contribution in [0, 0.1) is 5.92 Å². The maximum absolute atomic E-state index is 11.7. The van der Waals surface area contributed by atoms with Crippen molar-refractivity contribution in [1.82, 2.24) is 5.32 Å². The Balaban J connectivity index is 1.75. The smallest absolute Gasteiger partial charge is 0.225 e. The van der Waals surface area contributed by atoms with Gasteiger partial charge >= 0.3 is 0 Å². The van der Waals surface area contributed by atoms with E-state index in [2.05, 4.69) is 5.32 Å². The minimum atomic E-state index is 0.122. The molecule has 1 saturated carbocycles. The first-order chi connectivity index (χ1) is 6.86. The predicted molar refractivity (Wildman–Crippen MR) is 53.9 cm³/mol. The molecular formula is C11H19NO2. The number of nitrogens with one attached hydrogen (secondary N) is 1. The van der Waals surface area contributed by atoms with Crippen LogP contribution >= 0.6 is 0 Å². The SMILES string of the molecule is O=C(NC1CCCCC1)C1CCOC1. The molecule has 80 valence electrons. The lowest BCUT2D eigenvalue weighted by molar-refractivity contribution is -0.125. The van der Waals surface area contributed by atoms with E-state index >= 15 is 0 Å². The van der Waals surface area contributed by atoms with Crippen molar-refractivity contribution < 1.29 is 9.53 Å². The van der Waals surface area contributed by atoms with Crippen molar-refractivity contribution in [1.29, 1.82) is 0 Å². The maximum Gasteiger partial charge on any atom is 0.225 e. The maximum atomic E-state index is 11.7. The average molecular weight is 197 g/mol. The van der Waals surface area contributed by atoms with Crippen molar-refractivity contribution in [3.05, 3.63) is 0 Å². The highest BCUT2D eigenvalue weighted by Gasteiger charge is 2.25. The van der Waals surface area contributed by atoms with Gasteiger partial charge in [-0.25, -0.2) is 0 Å². The number of hydrogen-bond donors (Lipinski definition) is 1. The van der Waals surface area contributed by atoms with Gasteiger partial charge in [0.2, 0.25) is 5.91 Å². The second-order valence-corrected chi connectivity index (χ2v) is 4.40. The van der Waals surface area contributed by atoms with E-state index in [0.717, 1.165) is 13.0 Å². The highest BCUT2D eigenvalue weighted by molar-refractivity contribution is 5.79. The van der Waals surface area contributed by atoms with Crippen molar-refractivity contribution in [3.63, 3.8) is 0 Å². The monoisotopic (exact) mass is 197 g/mol. The van der Waals surface area contributed by atoms with E-state index in [1.54, 1.807) is 0 Å². The molecule has 3 nitrogen and oxygen atoms in total. The largest absolute Gasteiger partial charge is 0.381 e. The van der Waals surface area contributed by atoms with Gasteiger partial charge in [-0.2, -0.15) is 0 Å². The number of rotatable bonds is 2. The molecule has 3 heteroatoms. The normalized spacial score (nSPS) is 29.0. The summed E-state index contributed by atoms with van der Waals surface area (Å²) in [5, 5.41) is 3.14. The lowest BCUT2D eigenvalue weighted by atomic mass is 9.95. The van der Waals surface area contributed by atoms with Gasteiger partial charge in [0.25, 0.3) is 0 Å². The number of hydrogen-bond acceptors (Lipinski definition) is 2. The summed E-state index contributed by atoms with van der Waals surface area (Å²) < 4.78 is 5.21. The van der Waals surface area contributed by atoms with Crippen molar-refractivity contribution in [2.45, 2.75) is 44.6 Å². The number of ether oxygens (including phenoxy) is 1. The molecular weight excluding hydrogens is 178 g/mol. The van der Waals surface area contributed by atoms with Gasteiger partial charge in [0, 0.05) is 12.6 Å². The molecule has 1 amide bonds. The van der Waals surface area contributed by atoms with Crippen LogP contribution < -0.4 is 5.32 Å². The Kier molecular flexibility index (Phi) is 3.40. The molecule has 2 rings (SSSR count). The molecule has 2 aliphatic rings.